The zero-order valence-corrected chi connectivity index (χ0v) is 15.1. The van der Waals surface area contributed by atoms with Gasteiger partial charge in [0.05, 0.1) is 12.5 Å². The molecule has 0 aromatic heterocycles. The number of carbonyl (C=O) groups is 2. The lowest BCUT2D eigenvalue weighted by Crippen LogP contribution is -2.37. The van der Waals surface area contributed by atoms with Gasteiger partial charge < -0.3 is 10.6 Å². The Labute approximate surface area is 155 Å². The zero-order valence-electron chi connectivity index (χ0n) is 14.4. The first-order chi connectivity index (χ1) is 12.3. The van der Waals surface area contributed by atoms with E-state index in [4.69, 9.17) is 11.6 Å². The van der Waals surface area contributed by atoms with E-state index in [1.54, 1.807) is 24.3 Å². The number of anilines is 1. The maximum atomic E-state index is 13.1. The fourth-order valence-electron chi connectivity index (χ4n) is 2.57. The summed E-state index contributed by atoms with van der Waals surface area (Å²) in [6, 6.07) is 9.98. The Bertz CT molecular complexity index is 795. The quantitative estimate of drug-likeness (QED) is 0.792. The van der Waals surface area contributed by atoms with Gasteiger partial charge in [0.2, 0.25) is 11.8 Å². The molecule has 0 bridgehead atoms. The van der Waals surface area contributed by atoms with E-state index in [-0.39, 0.29) is 24.1 Å². The van der Waals surface area contributed by atoms with Crippen molar-refractivity contribution >= 4 is 29.1 Å². The van der Waals surface area contributed by atoms with Crippen molar-refractivity contribution in [2.75, 3.05) is 11.9 Å². The number of benzene rings is 2. The number of rotatable bonds is 6. The van der Waals surface area contributed by atoms with Crippen molar-refractivity contribution in [3.05, 3.63) is 64.7 Å². The van der Waals surface area contributed by atoms with Crippen LogP contribution in [0.5, 0.6) is 0 Å². The van der Waals surface area contributed by atoms with Gasteiger partial charge >= 0.3 is 0 Å². The van der Waals surface area contributed by atoms with Crippen LogP contribution in [0.3, 0.4) is 0 Å². The van der Waals surface area contributed by atoms with E-state index in [2.05, 4.69) is 10.6 Å². The molecule has 0 saturated heterocycles. The average molecular weight is 381 g/mol. The lowest BCUT2D eigenvalue weighted by molar-refractivity contribution is -0.126. The zero-order chi connectivity index (χ0) is 19.3. The molecule has 26 heavy (non-hydrogen) atoms. The van der Waals surface area contributed by atoms with Gasteiger partial charge in [-0.15, -0.1) is 0 Å². The number of hydrogen-bond acceptors (Lipinski definition) is 2. The molecule has 2 aromatic rings. The molecule has 2 aromatic carbocycles. The summed E-state index contributed by atoms with van der Waals surface area (Å²) in [5.41, 5.74) is 0.907. The highest BCUT2D eigenvalue weighted by Gasteiger charge is 2.24. The average Bonchev–Trinajstić information content (AvgIpc) is 2.58. The number of halogens is 3. The van der Waals surface area contributed by atoms with Crippen LogP contribution in [-0.2, 0) is 9.59 Å². The van der Waals surface area contributed by atoms with E-state index in [1.807, 2.05) is 13.8 Å². The molecule has 0 aliphatic carbocycles. The van der Waals surface area contributed by atoms with Crippen LogP contribution in [0.1, 0.15) is 25.3 Å². The Hall–Kier alpha value is -2.47. The molecule has 2 amide bonds. The molecule has 0 unspecified atom stereocenters. The predicted octanol–water partition coefficient (Wildman–Crippen LogP) is 4.11. The molecule has 2 N–H and O–H groups in total. The molecule has 0 radical (unpaired) electrons. The maximum absolute atomic E-state index is 13.1. The van der Waals surface area contributed by atoms with Gasteiger partial charge in [-0.2, -0.15) is 0 Å². The summed E-state index contributed by atoms with van der Waals surface area (Å²) < 4.78 is 26.0. The highest BCUT2D eigenvalue weighted by atomic mass is 35.5. The van der Waals surface area contributed by atoms with Gasteiger partial charge in [0.25, 0.3) is 0 Å². The molecule has 138 valence electrons. The minimum Gasteiger partial charge on any atom is -0.346 e. The molecular weight excluding hydrogens is 362 g/mol. The summed E-state index contributed by atoms with van der Waals surface area (Å²) in [4.78, 5) is 24.4. The Morgan fingerprint density at radius 1 is 1.04 bits per heavy atom. The van der Waals surface area contributed by atoms with E-state index in [1.165, 1.54) is 6.07 Å². The van der Waals surface area contributed by atoms with E-state index in [9.17, 15) is 18.4 Å². The summed E-state index contributed by atoms with van der Waals surface area (Å²) in [6.07, 6.45) is 0. The topological polar surface area (TPSA) is 58.2 Å². The second-order valence-corrected chi connectivity index (χ2v) is 6.60. The first-order valence-corrected chi connectivity index (χ1v) is 8.44. The molecule has 0 fully saturated rings. The van der Waals surface area contributed by atoms with Gasteiger partial charge in [-0.05, 0) is 35.7 Å². The van der Waals surface area contributed by atoms with Gasteiger partial charge in [0, 0.05) is 16.8 Å². The number of carbonyl (C=O) groups excluding carboxylic acids is 2. The van der Waals surface area contributed by atoms with E-state index < -0.39 is 23.5 Å². The minimum atomic E-state index is -1.06. The normalized spacial score (nSPS) is 11.9. The van der Waals surface area contributed by atoms with Crippen molar-refractivity contribution in [1.82, 2.24) is 5.32 Å². The first kappa shape index (κ1) is 19.8. The maximum Gasteiger partial charge on any atom is 0.243 e. The third-order valence-electron chi connectivity index (χ3n) is 3.80. The van der Waals surface area contributed by atoms with E-state index in [0.29, 0.717) is 5.02 Å². The summed E-state index contributed by atoms with van der Waals surface area (Å²) in [7, 11) is 0. The van der Waals surface area contributed by atoms with Crippen molar-refractivity contribution in [2.45, 2.75) is 19.8 Å². The highest BCUT2D eigenvalue weighted by Crippen LogP contribution is 2.26. The van der Waals surface area contributed by atoms with Crippen LogP contribution in [-0.4, -0.2) is 18.4 Å². The molecule has 0 saturated carbocycles. The summed E-state index contributed by atoms with van der Waals surface area (Å²) in [5.74, 6) is -3.34. The Balaban J connectivity index is 1.97. The number of nitrogens with one attached hydrogen (secondary N) is 2. The lowest BCUT2D eigenvalue weighted by Gasteiger charge is -2.20. The SMILES string of the molecule is CC(C)[C@@H](C(=O)NCC(=O)Nc1ccc(F)c(F)c1)c1ccc(Cl)cc1. The van der Waals surface area contributed by atoms with Crippen LogP contribution in [0.2, 0.25) is 5.02 Å². The Morgan fingerprint density at radius 2 is 1.69 bits per heavy atom. The third kappa shape index (κ3) is 5.26. The predicted molar refractivity (Wildman–Crippen MR) is 97.0 cm³/mol. The molecule has 1 atom stereocenters. The van der Waals surface area contributed by atoms with Crippen LogP contribution < -0.4 is 10.6 Å². The summed E-state index contributed by atoms with van der Waals surface area (Å²) >= 11 is 5.87. The van der Waals surface area contributed by atoms with Crippen LogP contribution >= 0.6 is 11.6 Å². The van der Waals surface area contributed by atoms with E-state index >= 15 is 0 Å². The molecule has 0 aliphatic heterocycles. The monoisotopic (exact) mass is 380 g/mol. The standard InChI is InChI=1S/C19H19ClF2N2O2/c1-11(2)18(12-3-5-13(20)6-4-12)19(26)23-10-17(25)24-14-7-8-15(21)16(22)9-14/h3-9,11,18H,10H2,1-2H3,(H,23,26)(H,24,25)/t18-/m1/s1. The Kier molecular flexibility index (Phi) is 6.69. The molecule has 0 aliphatic rings. The molecular formula is C19H19ClF2N2O2. The van der Waals surface area contributed by atoms with Gasteiger partial charge in [-0.3, -0.25) is 9.59 Å². The van der Waals surface area contributed by atoms with Crippen molar-refractivity contribution in [2.24, 2.45) is 5.92 Å². The second-order valence-electron chi connectivity index (χ2n) is 6.17. The smallest absolute Gasteiger partial charge is 0.243 e. The van der Waals surface area contributed by atoms with Gasteiger partial charge in [0.1, 0.15) is 0 Å². The largest absolute Gasteiger partial charge is 0.346 e. The fourth-order valence-corrected chi connectivity index (χ4v) is 2.69. The minimum absolute atomic E-state index is 0.00503. The van der Waals surface area contributed by atoms with Gasteiger partial charge in [-0.25, -0.2) is 8.78 Å². The van der Waals surface area contributed by atoms with Gasteiger partial charge in [0.15, 0.2) is 11.6 Å². The van der Waals surface area contributed by atoms with Crippen molar-refractivity contribution in [3.63, 3.8) is 0 Å². The van der Waals surface area contributed by atoms with Crippen LogP contribution in [0.25, 0.3) is 0 Å². The molecule has 0 spiro atoms. The van der Waals surface area contributed by atoms with Crippen LogP contribution in [0, 0.1) is 17.6 Å². The van der Waals surface area contributed by atoms with Crippen molar-refractivity contribution in [1.29, 1.82) is 0 Å². The molecule has 2 rings (SSSR count). The lowest BCUT2D eigenvalue weighted by atomic mass is 9.87. The summed E-state index contributed by atoms with van der Waals surface area (Å²) in [5, 5.41) is 5.55. The first-order valence-electron chi connectivity index (χ1n) is 8.06. The van der Waals surface area contributed by atoms with Crippen LogP contribution in [0.4, 0.5) is 14.5 Å². The molecule has 4 nitrogen and oxygen atoms in total. The Morgan fingerprint density at radius 3 is 2.27 bits per heavy atom. The highest BCUT2D eigenvalue weighted by molar-refractivity contribution is 6.30. The van der Waals surface area contributed by atoms with Crippen molar-refractivity contribution in [3.8, 4) is 0 Å². The summed E-state index contributed by atoms with van der Waals surface area (Å²) in [6.45, 7) is 3.52. The number of amides is 2. The molecule has 7 heteroatoms. The molecule has 0 heterocycles. The van der Waals surface area contributed by atoms with Crippen molar-refractivity contribution < 1.29 is 18.4 Å². The van der Waals surface area contributed by atoms with E-state index in [0.717, 1.165) is 17.7 Å². The number of hydrogen-bond donors (Lipinski definition) is 2. The fraction of sp³-hybridized carbons (Fsp3) is 0.263. The second kappa shape index (κ2) is 8.76. The third-order valence-corrected chi connectivity index (χ3v) is 4.06. The van der Waals surface area contributed by atoms with Gasteiger partial charge in [-0.1, -0.05) is 37.6 Å². The van der Waals surface area contributed by atoms with Crippen LogP contribution in [0.15, 0.2) is 42.5 Å².